The van der Waals surface area contributed by atoms with Crippen molar-refractivity contribution >= 4 is 38.3 Å². The summed E-state index contributed by atoms with van der Waals surface area (Å²) in [6, 6.07) is 7.69. The van der Waals surface area contributed by atoms with Crippen LogP contribution >= 0.6 is 11.3 Å². The number of fused-ring (bicyclic) bond motifs is 1. The van der Waals surface area contributed by atoms with Gasteiger partial charge in [-0.15, -0.1) is 0 Å². The predicted molar refractivity (Wildman–Crippen MR) is 124 cm³/mol. The number of hydrogen-bond donors (Lipinski definition) is 1. The van der Waals surface area contributed by atoms with Crippen LogP contribution in [-0.2, 0) is 23.0 Å². The molecular formula is C22H23N5O5S2. The lowest BCUT2D eigenvalue weighted by molar-refractivity contribution is 0.0736. The fraction of sp³-hybridized carbons (Fsp3) is 0.364. The number of amides is 2. The minimum absolute atomic E-state index is 0.173. The molecule has 10 nitrogen and oxygen atoms in total. The molecule has 1 aromatic carbocycles. The van der Waals surface area contributed by atoms with E-state index in [0.29, 0.717) is 49.1 Å². The normalized spacial score (nSPS) is 16.4. The molecule has 2 aliphatic rings. The van der Waals surface area contributed by atoms with Gasteiger partial charge < -0.3 is 9.42 Å². The smallest absolute Gasteiger partial charge is 0.279 e. The van der Waals surface area contributed by atoms with Crippen LogP contribution in [0.1, 0.15) is 50.0 Å². The maximum atomic E-state index is 13.1. The van der Waals surface area contributed by atoms with Crippen LogP contribution in [0.15, 0.2) is 39.8 Å². The monoisotopic (exact) mass is 501 g/mol. The van der Waals surface area contributed by atoms with Crippen LogP contribution < -0.4 is 5.32 Å². The molecule has 4 heterocycles. The molecule has 2 amide bonds. The summed E-state index contributed by atoms with van der Waals surface area (Å²) in [4.78, 5) is 32.7. The van der Waals surface area contributed by atoms with Crippen molar-refractivity contribution in [3.05, 3.63) is 57.9 Å². The fourth-order valence-corrected chi connectivity index (χ4v) is 6.62. The first-order chi connectivity index (χ1) is 16.3. The summed E-state index contributed by atoms with van der Waals surface area (Å²) in [6.45, 7) is 3.64. The second-order valence-electron chi connectivity index (χ2n) is 8.28. The largest absolute Gasteiger partial charge is 0.361 e. The van der Waals surface area contributed by atoms with Gasteiger partial charge in [0.1, 0.15) is 5.76 Å². The van der Waals surface area contributed by atoms with E-state index in [9.17, 15) is 18.0 Å². The zero-order valence-electron chi connectivity index (χ0n) is 18.5. The van der Waals surface area contributed by atoms with Crippen LogP contribution in [0.4, 0.5) is 5.13 Å². The lowest BCUT2D eigenvalue weighted by Crippen LogP contribution is -2.35. The third-order valence-electron chi connectivity index (χ3n) is 5.90. The van der Waals surface area contributed by atoms with Crippen molar-refractivity contribution in [2.75, 3.05) is 25.0 Å². The number of carbonyl (C=O) groups is 2. The summed E-state index contributed by atoms with van der Waals surface area (Å²) in [7, 11) is -3.52. The third-order valence-corrected chi connectivity index (χ3v) is 8.81. The summed E-state index contributed by atoms with van der Waals surface area (Å²) < 4.78 is 31.8. The molecule has 1 N–H and O–H groups in total. The van der Waals surface area contributed by atoms with E-state index in [-0.39, 0.29) is 16.5 Å². The van der Waals surface area contributed by atoms with Crippen LogP contribution in [0.5, 0.6) is 0 Å². The zero-order valence-corrected chi connectivity index (χ0v) is 20.1. The van der Waals surface area contributed by atoms with E-state index in [1.807, 2.05) is 0 Å². The molecule has 0 spiro atoms. The molecule has 2 aromatic heterocycles. The molecule has 2 aliphatic heterocycles. The number of sulfonamides is 1. The zero-order chi connectivity index (χ0) is 23.9. The number of anilines is 1. The van der Waals surface area contributed by atoms with Gasteiger partial charge in [0.25, 0.3) is 11.8 Å². The van der Waals surface area contributed by atoms with Gasteiger partial charge in [0.05, 0.1) is 17.1 Å². The number of thiazole rings is 1. The van der Waals surface area contributed by atoms with Gasteiger partial charge in [0.2, 0.25) is 10.0 Å². The molecular weight excluding hydrogens is 478 g/mol. The van der Waals surface area contributed by atoms with Crippen molar-refractivity contribution in [3.8, 4) is 0 Å². The Morgan fingerprint density at radius 3 is 2.53 bits per heavy atom. The van der Waals surface area contributed by atoms with Crippen LogP contribution in [0, 0.1) is 6.92 Å². The Kier molecular flexibility index (Phi) is 5.96. The number of nitrogens with one attached hydrogen (secondary N) is 1. The molecule has 0 aliphatic carbocycles. The summed E-state index contributed by atoms with van der Waals surface area (Å²) in [6.07, 6.45) is 2.31. The van der Waals surface area contributed by atoms with Crippen LogP contribution in [0.2, 0.25) is 0 Å². The van der Waals surface area contributed by atoms with Gasteiger partial charge in [0.15, 0.2) is 10.8 Å². The highest BCUT2D eigenvalue weighted by Gasteiger charge is 2.29. The lowest BCUT2D eigenvalue weighted by atomic mass is 10.1. The van der Waals surface area contributed by atoms with Crippen molar-refractivity contribution in [3.63, 3.8) is 0 Å². The average Bonchev–Trinajstić information content (AvgIpc) is 3.59. The first-order valence-electron chi connectivity index (χ1n) is 10.9. The van der Waals surface area contributed by atoms with Crippen molar-refractivity contribution in [2.24, 2.45) is 0 Å². The number of hydrogen-bond acceptors (Lipinski definition) is 8. The summed E-state index contributed by atoms with van der Waals surface area (Å²) >= 11 is 1.32. The summed E-state index contributed by atoms with van der Waals surface area (Å²) in [5, 5.41) is 6.88. The Hall–Kier alpha value is -3.09. The number of aromatic nitrogens is 2. The van der Waals surface area contributed by atoms with Gasteiger partial charge in [-0.05, 0) is 44.0 Å². The standard InChI is InChI=1S/C22H23N5O5S2/c1-14-12-18(25-32-14)20(28)24-22-23-17-8-11-26(13-19(17)33-22)21(29)15-4-6-16(7-5-15)34(30,31)27-9-2-3-10-27/h4-7,12H,2-3,8-11,13H2,1H3,(H,23,24,28). The van der Waals surface area contributed by atoms with Crippen molar-refractivity contribution in [1.82, 2.24) is 19.3 Å². The highest BCUT2D eigenvalue weighted by atomic mass is 32.2. The van der Waals surface area contributed by atoms with Gasteiger partial charge in [-0.2, -0.15) is 4.31 Å². The Labute approximate surface area is 200 Å². The Morgan fingerprint density at radius 2 is 1.85 bits per heavy atom. The molecule has 1 saturated heterocycles. The predicted octanol–water partition coefficient (Wildman–Crippen LogP) is 2.67. The number of aryl methyl sites for hydroxylation is 1. The number of carbonyl (C=O) groups excluding carboxylic acids is 2. The van der Waals surface area contributed by atoms with Crippen LogP contribution in [-0.4, -0.2) is 59.2 Å². The van der Waals surface area contributed by atoms with E-state index >= 15 is 0 Å². The van der Waals surface area contributed by atoms with Crippen LogP contribution in [0.3, 0.4) is 0 Å². The Bertz CT molecular complexity index is 1340. The molecule has 0 bridgehead atoms. The Morgan fingerprint density at radius 1 is 1.12 bits per heavy atom. The summed E-state index contributed by atoms with van der Waals surface area (Å²) in [5.74, 6) is -0.0351. The highest BCUT2D eigenvalue weighted by Crippen LogP contribution is 2.29. The maximum Gasteiger partial charge on any atom is 0.279 e. The average molecular weight is 502 g/mol. The van der Waals surface area contributed by atoms with Gasteiger partial charge >= 0.3 is 0 Å². The van der Waals surface area contributed by atoms with E-state index in [1.54, 1.807) is 30.0 Å². The minimum atomic E-state index is -3.52. The first-order valence-corrected chi connectivity index (χ1v) is 13.2. The number of benzene rings is 1. The first kappa shape index (κ1) is 22.7. The third kappa shape index (κ3) is 4.36. The highest BCUT2D eigenvalue weighted by molar-refractivity contribution is 7.89. The molecule has 34 heavy (non-hydrogen) atoms. The molecule has 0 atom stereocenters. The summed E-state index contributed by atoms with van der Waals surface area (Å²) in [5.41, 5.74) is 1.47. The van der Waals surface area contributed by atoms with Gasteiger partial charge in [-0.1, -0.05) is 16.5 Å². The molecule has 1 fully saturated rings. The molecule has 0 radical (unpaired) electrons. The van der Waals surface area contributed by atoms with Crippen LogP contribution in [0.25, 0.3) is 0 Å². The van der Waals surface area contributed by atoms with E-state index < -0.39 is 15.9 Å². The quantitative estimate of drug-likeness (QED) is 0.570. The molecule has 0 unspecified atom stereocenters. The lowest BCUT2D eigenvalue weighted by Gasteiger charge is -2.26. The van der Waals surface area contributed by atoms with E-state index in [1.165, 1.54) is 27.8 Å². The molecule has 5 rings (SSSR count). The van der Waals surface area contributed by atoms with Crippen molar-refractivity contribution < 1.29 is 22.5 Å². The van der Waals surface area contributed by atoms with E-state index in [2.05, 4.69) is 15.5 Å². The molecule has 0 saturated carbocycles. The van der Waals surface area contributed by atoms with Crippen molar-refractivity contribution in [1.29, 1.82) is 0 Å². The van der Waals surface area contributed by atoms with Crippen molar-refractivity contribution in [2.45, 2.75) is 37.6 Å². The van der Waals surface area contributed by atoms with Gasteiger partial charge in [0, 0.05) is 42.6 Å². The fourth-order valence-electron chi connectivity index (χ4n) is 4.09. The topological polar surface area (TPSA) is 126 Å². The minimum Gasteiger partial charge on any atom is -0.361 e. The molecule has 3 aromatic rings. The second-order valence-corrected chi connectivity index (χ2v) is 11.3. The molecule has 12 heteroatoms. The van der Waals surface area contributed by atoms with Gasteiger partial charge in [-0.3, -0.25) is 14.9 Å². The number of nitrogens with zero attached hydrogens (tertiary/aromatic N) is 4. The van der Waals surface area contributed by atoms with E-state index in [4.69, 9.17) is 4.52 Å². The number of rotatable bonds is 5. The van der Waals surface area contributed by atoms with Gasteiger partial charge in [-0.25, -0.2) is 13.4 Å². The van der Waals surface area contributed by atoms with E-state index in [0.717, 1.165) is 23.4 Å². The Balaban J connectivity index is 1.26. The SMILES string of the molecule is Cc1cc(C(=O)Nc2nc3c(s2)CN(C(=O)c2ccc(S(=O)(=O)N4CCCC4)cc2)CC3)no1. The second kappa shape index (κ2) is 8.93. The molecule has 178 valence electrons. The maximum absolute atomic E-state index is 13.1.